The first-order chi connectivity index (χ1) is 8.61. The molecule has 2 nitrogen and oxygen atoms in total. The van der Waals surface area contributed by atoms with E-state index in [9.17, 15) is 5.11 Å². The van der Waals surface area contributed by atoms with Crippen LogP contribution in [0.1, 0.15) is 17.2 Å². The van der Waals surface area contributed by atoms with E-state index in [4.69, 9.17) is 4.74 Å². The Kier molecular flexibility index (Phi) is 4.43. The molecule has 2 aromatic carbocycles. The molecule has 94 valence electrons. The van der Waals surface area contributed by atoms with Gasteiger partial charge in [0.1, 0.15) is 11.9 Å². The Morgan fingerprint density at radius 3 is 2.28 bits per heavy atom. The summed E-state index contributed by atoms with van der Waals surface area (Å²) in [6.45, 7) is 0. The van der Waals surface area contributed by atoms with Gasteiger partial charge in [-0.05, 0) is 35.4 Å². The van der Waals surface area contributed by atoms with Crippen LogP contribution in [0.4, 0.5) is 0 Å². The summed E-state index contributed by atoms with van der Waals surface area (Å²) in [4.78, 5) is 0. The Hall–Kier alpha value is -0.840. The molecule has 18 heavy (non-hydrogen) atoms. The van der Waals surface area contributed by atoms with Crippen molar-refractivity contribution in [1.29, 1.82) is 0 Å². The van der Waals surface area contributed by atoms with E-state index in [0.29, 0.717) is 0 Å². The van der Waals surface area contributed by atoms with E-state index in [0.717, 1.165) is 25.8 Å². The minimum absolute atomic E-state index is 0.654. The molecule has 1 atom stereocenters. The fraction of sp³-hybridized carbons (Fsp3) is 0.143. The number of aliphatic hydroxyl groups is 1. The van der Waals surface area contributed by atoms with Gasteiger partial charge in [-0.1, -0.05) is 50.1 Å². The van der Waals surface area contributed by atoms with E-state index in [1.165, 1.54) is 0 Å². The zero-order valence-corrected chi connectivity index (χ0v) is 12.9. The van der Waals surface area contributed by atoms with Crippen molar-refractivity contribution in [2.45, 2.75) is 6.10 Å². The summed E-state index contributed by atoms with van der Waals surface area (Å²) >= 11 is 6.85. The number of ether oxygens (including phenoxy) is 1. The van der Waals surface area contributed by atoms with Gasteiger partial charge < -0.3 is 9.84 Å². The molecule has 1 unspecified atom stereocenters. The van der Waals surface area contributed by atoms with Gasteiger partial charge in [0.2, 0.25) is 0 Å². The molecule has 1 N–H and O–H groups in total. The smallest absolute Gasteiger partial charge is 0.118 e. The van der Waals surface area contributed by atoms with Crippen LogP contribution in [0.3, 0.4) is 0 Å². The Bertz CT molecular complexity index is 538. The summed E-state index contributed by atoms with van der Waals surface area (Å²) in [5.74, 6) is 0.779. The van der Waals surface area contributed by atoms with Crippen molar-refractivity contribution in [3.05, 3.63) is 62.5 Å². The molecule has 2 rings (SSSR count). The van der Waals surface area contributed by atoms with E-state index in [1.807, 2.05) is 42.5 Å². The first-order valence-electron chi connectivity index (χ1n) is 5.39. The Labute approximate surface area is 123 Å². The second-order valence-corrected chi connectivity index (χ2v) is 5.61. The highest BCUT2D eigenvalue weighted by molar-refractivity contribution is 9.11. The van der Waals surface area contributed by atoms with Gasteiger partial charge >= 0.3 is 0 Å². The van der Waals surface area contributed by atoms with E-state index in [1.54, 1.807) is 7.11 Å². The van der Waals surface area contributed by atoms with Gasteiger partial charge in [-0.25, -0.2) is 0 Å². The van der Waals surface area contributed by atoms with Crippen LogP contribution in [0.2, 0.25) is 0 Å². The van der Waals surface area contributed by atoms with Crippen LogP contribution < -0.4 is 4.74 Å². The molecule has 0 radical (unpaired) electrons. The van der Waals surface area contributed by atoms with Crippen LogP contribution >= 0.6 is 31.9 Å². The second-order valence-electron chi connectivity index (χ2n) is 3.84. The maximum Gasteiger partial charge on any atom is 0.118 e. The number of aliphatic hydroxyl groups excluding tert-OH is 1. The standard InChI is InChI=1S/C14H12Br2O2/c1-18-11-5-2-9(3-6-11)14(17)12-7-4-10(15)8-13(12)16/h2-8,14,17H,1H3. The molecule has 0 heterocycles. The van der Waals surface area contributed by atoms with Gasteiger partial charge in [0.25, 0.3) is 0 Å². The summed E-state index contributed by atoms with van der Waals surface area (Å²) in [6, 6.07) is 13.1. The lowest BCUT2D eigenvalue weighted by atomic mass is 10.0. The molecule has 0 fully saturated rings. The molecule has 4 heteroatoms. The number of halogens is 2. The van der Waals surface area contributed by atoms with Crippen molar-refractivity contribution in [2.75, 3.05) is 7.11 Å². The van der Waals surface area contributed by atoms with Crippen molar-refractivity contribution in [1.82, 2.24) is 0 Å². The van der Waals surface area contributed by atoms with Crippen LogP contribution in [0, 0.1) is 0 Å². The summed E-state index contributed by atoms with van der Waals surface area (Å²) in [5, 5.41) is 10.3. The third-order valence-electron chi connectivity index (χ3n) is 2.69. The molecule has 0 amide bonds. The molecule has 2 aromatic rings. The Morgan fingerprint density at radius 1 is 1.06 bits per heavy atom. The van der Waals surface area contributed by atoms with Crippen molar-refractivity contribution < 1.29 is 9.84 Å². The number of rotatable bonds is 3. The Morgan fingerprint density at radius 2 is 1.72 bits per heavy atom. The molecular weight excluding hydrogens is 360 g/mol. The van der Waals surface area contributed by atoms with E-state index >= 15 is 0 Å². The quantitative estimate of drug-likeness (QED) is 0.871. The largest absolute Gasteiger partial charge is 0.497 e. The predicted molar refractivity (Wildman–Crippen MR) is 78.9 cm³/mol. The minimum atomic E-state index is -0.654. The average molecular weight is 372 g/mol. The average Bonchev–Trinajstić information content (AvgIpc) is 2.38. The maximum atomic E-state index is 10.3. The van der Waals surface area contributed by atoms with Crippen LogP contribution in [-0.4, -0.2) is 12.2 Å². The molecule has 0 bridgehead atoms. The molecule has 0 aliphatic rings. The minimum Gasteiger partial charge on any atom is -0.497 e. The van der Waals surface area contributed by atoms with Crippen LogP contribution in [0.15, 0.2) is 51.4 Å². The third kappa shape index (κ3) is 2.94. The number of benzene rings is 2. The molecular formula is C14H12Br2O2. The lowest BCUT2D eigenvalue weighted by Crippen LogP contribution is -2.00. The number of hydrogen-bond donors (Lipinski definition) is 1. The van der Waals surface area contributed by atoms with E-state index in [-0.39, 0.29) is 0 Å². The highest BCUT2D eigenvalue weighted by Gasteiger charge is 2.13. The maximum absolute atomic E-state index is 10.3. The highest BCUT2D eigenvalue weighted by Crippen LogP contribution is 2.31. The van der Waals surface area contributed by atoms with Gasteiger partial charge in [-0.3, -0.25) is 0 Å². The van der Waals surface area contributed by atoms with Crippen molar-refractivity contribution in [2.24, 2.45) is 0 Å². The fourth-order valence-electron chi connectivity index (χ4n) is 1.69. The lowest BCUT2D eigenvalue weighted by molar-refractivity contribution is 0.219. The summed E-state index contributed by atoms with van der Waals surface area (Å²) in [5.41, 5.74) is 1.67. The van der Waals surface area contributed by atoms with Crippen molar-refractivity contribution >= 4 is 31.9 Å². The molecule has 0 aliphatic heterocycles. The fourth-order valence-corrected chi connectivity index (χ4v) is 2.95. The number of hydrogen-bond acceptors (Lipinski definition) is 2. The van der Waals surface area contributed by atoms with Crippen LogP contribution in [0.25, 0.3) is 0 Å². The first kappa shape index (κ1) is 13.6. The zero-order valence-electron chi connectivity index (χ0n) is 9.73. The molecule has 0 saturated carbocycles. The highest BCUT2D eigenvalue weighted by atomic mass is 79.9. The van der Waals surface area contributed by atoms with Crippen molar-refractivity contribution in [3.63, 3.8) is 0 Å². The molecule has 0 spiro atoms. The van der Waals surface area contributed by atoms with E-state index in [2.05, 4.69) is 31.9 Å². The lowest BCUT2D eigenvalue weighted by Gasteiger charge is -2.14. The zero-order chi connectivity index (χ0) is 13.1. The SMILES string of the molecule is COc1ccc(C(O)c2ccc(Br)cc2Br)cc1. The topological polar surface area (TPSA) is 29.5 Å². The number of methoxy groups -OCH3 is 1. The van der Waals surface area contributed by atoms with Crippen LogP contribution in [-0.2, 0) is 0 Å². The summed E-state index contributed by atoms with van der Waals surface area (Å²) in [7, 11) is 1.62. The van der Waals surface area contributed by atoms with E-state index < -0.39 is 6.10 Å². The summed E-state index contributed by atoms with van der Waals surface area (Å²) in [6.07, 6.45) is -0.654. The third-order valence-corrected chi connectivity index (χ3v) is 3.87. The van der Waals surface area contributed by atoms with Gasteiger partial charge in [0.15, 0.2) is 0 Å². The predicted octanol–water partition coefficient (Wildman–Crippen LogP) is 4.30. The first-order valence-corrected chi connectivity index (χ1v) is 6.97. The van der Waals surface area contributed by atoms with Gasteiger partial charge in [0, 0.05) is 8.95 Å². The monoisotopic (exact) mass is 370 g/mol. The molecule has 0 aromatic heterocycles. The normalized spacial score (nSPS) is 12.2. The van der Waals surface area contributed by atoms with Gasteiger partial charge in [0.05, 0.1) is 7.11 Å². The van der Waals surface area contributed by atoms with Gasteiger partial charge in [-0.15, -0.1) is 0 Å². The second kappa shape index (κ2) is 5.87. The van der Waals surface area contributed by atoms with Crippen molar-refractivity contribution in [3.8, 4) is 5.75 Å². The molecule has 0 saturated heterocycles. The Balaban J connectivity index is 2.31. The van der Waals surface area contributed by atoms with Crippen LogP contribution in [0.5, 0.6) is 5.75 Å². The van der Waals surface area contributed by atoms with Gasteiger partial charge in [-0.2, -0.15) is 0 Å². The molecule has 0 aliphatic carbocycles. The summed E-state index contributed by atoms with van der Waals surface area (Å²) < 4.78 is 6.94.